The van der Waals surface area contributed by atoms with Gasteiger partial charge in [0.1, 0.15) is 5.78 Å². The number of benzene rings is 1. The van der Waals surface area contributed by atoms with Crippen LogP contribution in [-0.2, 0) is 10.2 Å². The van der Waals surface area contributed by atoms with Crippen molar-refractivity contribution >= 4 is 5.78 Å². The lowest BCUT2D eigenvalue weighted by Gasteiger charge is -2.32. The lowest BCUT2D eigenvalue weighted by molar-refractivity contribution is -0.122. The molecule has 1 aliphatic heterocycles. The maximum Gasteiger partial charge on any atom is 0.141 e. The lowest BCUT2D eigenvalue weighted by Crippen LogP contribution is -2.46. The zero-order chi connectivity index (χ0) is 10.5. The van der Waals surface area contributed by atoms with E-state index < -0.39 is 0 Å². The number of carbonyl (C=O) groups is 1. The van der Waals surface area contributed by atoms with Crippen LogP contribution in [0.1, 0.15) is 30.4 Å². The quantitative estimate of drug-likeness (QED) is 0.747. The van der Waals surface area contributed by atoms with Crippen molar-refractivity contribution in [3.05, 3.63) is 35.4 Å². The van der Waals surface area contributed by atoms with Crippen LogP contribution in [0.2, 0.25) is 0 Å². The first-order valence-corrected chi connectivity index (χ1v) is 5.55. The Bertz CT molecular complexity index is 426. The highest BCUT2D eigenvalue weighted by molar-refractivity contribution is 5.90. The standard InChI is InChI=1S/C13H15NO/c1-9(15)13-6-10(7-14-8-13)11-4-2-3-5-12(11)13/h2-5,10,14H,6-8H2,1H3. The number of ketones is 1. The molecule has 1 heterocycles. The van der Waals surface area contributed by atoms with Crippen LogP contribution in [0.15, 0.2) is 24.3 Å². The summed E-state index contributed by atoms with van der Waals surface area (Å²) in [5, 5.41) is 3.40. The molecule has 0 saturated carbocycles. The molecule has 3 rings (SSSR count). The summed E-state index contributed by atoms with van der Waals surface area (Å²) >= 11 is 0. The average molecular weight is 201 g/mol. The van der Waals surface area contributed by atoms with Gasteiger partial charge in [0.15, 0.2) is 0 Å². The minimum atomic E-state index is -0.223. The topological polar surface area (TPSA) is 29.1 Å². The van der Waals surface area contributed by atoms with Gasteiger partial charge in [-0.2, -0.15) is 0 Å². The number of hydrogen-bond donors (Lipinski definition) is 1. The molecule has 2 heteroatoms. The van der Waals surface area contributed by atoms with E-state index in [9.17, 15) is 4.79 Å². The number of hydrogen-bond acceptors (Lipinski definition) is 2. The Morgan fingerprint density at radius 1 is 1.47 bits per heavy atom. The van der Waals surface area contributed by atoms with Crippen molar-refractivity contribution < 1.29 is 4.79 Å². The van der Waals surface area contributed by atoms with Crippen LogP contribution in [0, 0.1) is 0 Å². The van der Waals surface area contributed by atoms with Gasteiger partial charge in [0, 0.05) is 13.1 Å². The Morgan fingerprint density at radius 2 is 2.27 bits per heavy atom. The normalized spacial score (nSPS) is 32.5. The summed E-state index contributed by atoms with van der Waals surface area (Å²) in [7, 11) is 0. The van der Waals surface area contributed by atoms with Crippen molar-refractivity contribution in [2.24, 2.45) is 0 Å². The van der Waals surface area contributed by atoms with Crippen LogP contribution < -0.4 is 5.32 Å². The molecule has 2 unspecified atom stereocenters. The second-order valence-corrected chi connectivity index (χ2v) is 4.76. The second kappa shape index (κ2) is 2.92. The van der Waals surface area contributed by atoms with E-state index in [0.717, 1.165) is 19.5 Å². The minimum absolute atomic E-state index is 0.223. The van der Waals surface area contributed by atoms with E-state index >= 15 is 0 Å². The highest BCUT2D eigenvalue weighted by Gasteiger charge is 2.49. The summed E-state index contributed by atoms with van der Waals surface area (Å²) in [6.45, 7) is 3.56. The van der Waals surface area contributed by atoms with Crippen molar-refractivity contribution in [3.63, 3.8) is 0 Å². The van der Waals surface area contributed by atoms with Crippen LogP contribution in [0.3, 0.4) is 0 Å². The minimum Gasteiger partial charge on any atom is -0.315 e. The number of rotatable bonds is 1. The van der Waals surface area contributed by atoms with Gasteiger partial charge in [-0.1, -0.05) is 24.3 Å². The molecule has 1 fully saturated rings. The van der Waals surface area contributed by atoms with Gasteiger partial charge in [0.2, 0.25) is 0 Å². The van der Waals surface area contributed by atoms with E-state index in [2.05, 4.69) is 23.5 Å². The van der Waals surface area contributed by atoms with E-state index in [4.69, 9.17) is 0 Å². The fraction of sp³-hybridized carbons (Fsp3) is 0.462. The molecule has 0 aromatic heterocycles. The Kier molecular flexibility index (Phi) is 1.77. The molecule has 1 aromatic carbocycles. The molecule has 2 aliphatic rings. The van der Waals surface area contributed by atoms with Crippen LogP contribution in [0.25, 0.3) is 0 Å². The van der Waals surface area contributed by atoms with Gasteiger partial charge >= 0.3 is 0 Å². The number of piperidine rings is 1. The maximum atomic E-state index is 11.9. The van der Waals surface area contributed by atoms with Gasteiger partial charge in [0.25, 0.3) is 0 Å². The molecule has 1 N–H and O–H groups in total. The second-order valence-electron chi connectivity index (χ2n) is 4.76. The number of Topliss-reactive ketones (excluding diaryl/α,β-unsaturated/α-hetero) is 1. The first kappa shape index (κ1) is 9.10. The molecular weight excluding hydrogens is 186 g/mol. The summed E-state index contributed by atoms with van der Waals surface area (Å²) in [6, 6.07) is 8.43. The molecule has 78 valence electrons. The van der Waals surface area contributed by atoms with Gasteiger partial charge in [0.05, 0.1) is 5.41 Å². The van der Waals surface area contributed by atoms with Crippen molar-refractivity contribution in [1.82, 2.24) is 5.32 Å². The van der Waals surface area contributed by atoms with E-state index in [0.29, 0.717) is 11.7 Å². The van der Waals surface area contributed by atoms with Crippen LogP contribution in [0.5, 0.6) is 0 Å². The summed E-state index contributed by atoms with van der Waals surface area (Å²) in [5.74, 6) is 0.850. The first-order chi connectivity index (χ1) is 7.24. The molecule has 1 aromatic rings. The van der Waals surface area contributed by atoms with Crippen molar-refractivity contribution in [3.8, 4) is 0 Å². The van der Waals surface area contributed by atoms with Crippen LogP contribution >= 0.6 is 0 Å². The molecule has 2 nitrogen and oxygen atoms in total. The number of nitrogens with one attached hydrogen (secondary N) is 1. The van der Waals surface area contributed by atoms with Gasteiger partial charge in [-0.15, -0.1) is 0 Å². The van der Waals surface area contributed by atoms with Crippen molar-refractivity contribution in [2.45, 2.75) is 24.7 Å². The Morgan fingerprint density at radius 3 is 3.07 bits per heavy atom. The summed E-state index contributed by atoms with van der Waals surface area (Å²) in [4.78, 5) is 11.9. The van der Waals surface area contributed by atoms with Gasteiger partial charge in [-0.3, -0.25) is 4.79 Å². The summed E-state index contributed by atoms with van der Waals surface area (Å²) in [5.41, 5.74) is 2.43. The molecule has 2 bridgehead atoms. The third-order valence-electron chi connectivity index (χ3n) is 4.00. The number of carbonyl (C=O) groups excluding carboxylic acids is 1. The molecule has 15 heavy (non-hydrogen) atoms. The fourth-order valence-corrected chi connectivity index (χ4v) is 3.20. The largest absolute Gasteiger partial charge is 0.315 e. The molecule has 1 aliphatic carbocycles. The smallest absolute Gasteiger partial charge is 0.141 e. The third-order valence-corrected chi connectivity index (χ3v) is 4.00. The van der Waals surface area contributed by atoms with Gasteiger partial charge in [-0.05, 0) is 30.4 Å². The molecule has 2 atom stereocenters. The fourth-order valence-electron chi connectivity index (χ4n) is 3.20. The van der Waals surface area contributed by atoms with Gasteiger partial charge < -0.3 is 5.32 Å². The zero-order valence-corrected chi connectivity index (χ0v) is 8.92. The predicted octanol–water partition coefficient (Wildman–Crippen LogP) is 1.60. The summed E-state index contributed by atoms with van der Waals surface area (Å²) in [6.07, 6.45) is 1.01. The lowest BCUT2D eigenvalue weighted by atomic mass is 9.76. The molecular formula is C13H15NO. The molecule has 1 saturated heterocycles. The van der Waals surface area contributed by atoms with Crippen LogP contribution in [-0.4, -0.2) is 18.9 Å². The SMILES string of the molecule is CC(=O)C12CNCC(C1)c1ccccc12. The molecule has 0 spiro atoms. The third kappa shape index (κ3) is 1.06. The van der Waals surface area contributed by atoms with E-state index in [1.54, 1.807) is 6.92 Å². The average Bonchev–Trinajstić information content (AvgIpc) is 2.50. The number of fused-ring (bicyclic) bond motifs is 5. The van der Waals surface area contributed by atoms with Gasteiger partial charge in [-0.25, -0.2) is 0 Å². The Balaban J connectivity index is 2.22. The maximum absolute atomic E-state index is 11.9. The highest BCUT2D eigenvalue weighted by Crippen LogP contribution is 2.48. The molecule has 0 amide bonds. The van der Waals surface area contributed by atoms with Crippen molar-refractivity contribution in [2.75, 3.05) is 13.1 Å². The summed E-state index contributed by atoms with van der Waals surface area (Å²) < 4.78 is 0. The van der Waals surface area contributed by atoms with Crippen LogP contribution in [0.4, 0.5) is 0 Å². The van der Waals surface area contributed by atoms with E-state index in [1.807, 2.05) is 6.07 Å². The monoisotopic (exact) mass is 201 g/mol. The van der Waals surface area contributed by atoms with E-state index in [-0.39, 0.29) is 5.41 Å². The first-order valence-electron chi connectivity index (χ1n) is 5.55. The highest BCUT2D eigenvalue weighted by atomic mass is 16.1. The molecule has 0 radical (unpaired) electrons. The predicted molar refractivity (Wildman–Crippen MR) is 59.0 cm³/mol. The van der Waals surface area contributed by atoms with E-state index in [1.165, 1.54) is 11.1 Å². The van der Waals surface area contributed by atoms with Crippen molar-refractivity contribution in [1.29, 1.82) is 0 Å². The Hall–Kier alpha value is -1.15. The zero-order valence-electron chi connectivity index (χ0n) is 8.92. The Labute approximate surface area is 89.7 Å².